The van der Waals surface area contributed by atoms with Gasteiger partial charge in [0.2, 0.25) is 0 Å². The average molecular weight is 224 g/mol. The molecule has 1 aromatic rings. The molecule has 0 bridgehead atoms. The zero-order valence-electron chi connectivity index (χ0n) is 6.18. The molecule has 0 saturated heterocycles. The lowest BCUT2D eigenvalue weighted by Crippen LogP contribution is -2.06. The maximum atomic E-state index is 12.9. The Morgan fingerprint density at radius 1 is 1.46 bits per heavy atom. The summed E-state index contributed by atoms with van der Waals surface area (Å²) in [7, 11) is 0. The summed E-state index contributed by atoms with van der Waals surface area (Å²) in [6.07, 6.45) is 0. The van der Waals surface area contributed by atoms with Crippen molar-refractivity contribution < 1.29 is 13.6 Å². The van der Waals surface area contributed by atoms with Gasteiger partial charge in [-0.1, -0.05) is 6.07 Å². The van der Waals surface area contributed by atoms with Gasteiger partial charge in [0.15, 0.2) is 11.6 Å². The van der Waals surface area contributed by atoms with E-state index in [2.05, 4.69) is 4.72 Å². The third-order valence-electron chi connectivity index (χ3n) is 1.16. The van der Waals surface area contributed by atoms with E-state index in [-0.39, 0.29) is 4.90 Å². The minimum absolute atomic E-state index is 0.0194. The zero-order valence-corrected chi connectivity index (χ0v) is 7.75. The number of carbonyl (C=O) groups excluding carboxylic acids is 1. The van der Waals surface area contributed by atoms with Crippen LogP contribution in [0.1, 0.15) is 0 Å². The van der Waals surface area contributed by atoms with Crippen LogP contribution in [-0.2, 0) is 0 Å². The van der Waals surface area contributed by atoms with E-state index in [0.29, 0.717) is 11.9 Å². The number of carbonyl (C=O) groups is 1. The predicted octanol–water partition coefficient (Wildman–Crippen LogP) is 2.92. The predicted molar refractivity (Wildman–Crippen MR) is 46.6 cm³/mol. The van der Waals surface area contributed by atoms with Crippen molar-refractivity contribution in [2.75, 3.05) is 0 Å². The molecular weight excluding hydrogens is 220 g/mol. The van der Waals surface area contributed by atoms with Gasteiger partial charge in [0.05, 0.1) is 4.90 Å². The molecule has 1 aromatic carbocycles. The number of benzene rings is 1. The van der Waals surface area contributed by atoms with Crippen LogP contribution in [0.2, 0.25) is 0 Å². The smallest absolute Gasteiger partial charge is 0.282 e. The van der Waals surface area contributed by atoms with Crippen molar-refractivity contribution in [3.8, 4) is 0 Å². The van der Waals surface area contributed by atoms with Gasteiger partial charge < -0.3 is 0 Å². The van der Waals surface area contributed by atoms with Crippen molar-refractivity contribution in [1.29, 1.82) is 0 Å². The van der Waals surface area contributed by atoms with Gasteiger partial charge >= 0.3 is 5.37 Å². The number of halogens is 3. The van der Waals surface area contributed by atoms with Crippen molar-refractivity contribution >= 4 is 28.9 Å². The third-order valence-corrected chi connectivity index (χ3v) is 2.19. The third kappa shape index (κ3) is 2.86. The summed E-state index contributed by atoms with van der Waals surface area (Å²) in [4.78, 5) is 10.2. The van der Waals surface area contributed by atoms with Crippen LogP contribution in [0, 0.1) is 11.6 Å². The maximum Gasteiger partial charge on any atom is 0.323 e. The van der Waals surface area contributed by atoms with E-state index < -0.39 is 17.0 Å². The van der Waals surface area contributed by atoms with E-state index in [1.165, 1.54) is 12.1 Å². The highest BCUT2D eigenvalue weighted by Crippen LogP contribution is 2.20. The lowest BCUT2D eigenvalue weighted by atomic mass is 10.3. The van der Waals surface area contributed by atoms with Crippen LogP contribution < -0.4 is 4.72 Å². The Bertz CT molecular complexity index is 334. The normalized spacial score (nSPS) is 9.77. The molecule has 0 aromatic heterocycles. The monoisotopic (exact) mass is 223 g/mol. The summed E-state index contributed by atoms with van der Waals surface area (Å²) >= 11 is 5.56. The molecule has 0 aliphatic rings. The van der Waals surface area contributed by atoms with Crippen LogP contribution >= 0.6 is 23.5 Å². The van der Waals surface area contributed by atoms with Gasteiger partial charge in [-0.05, 0) is 35.7 Å². The summed E-state index contributed by atoms with van der Waals surface area (Å²) in [5.41, 5.74) is 0. The standard InChI is InChI=1S/C7H4ClF2NOS/c8-7(12)11-13-5-3-1-2-4(9)6(5)10/h1-3H,(H,11,12). The summed E-state index contributed by atoms with van der Waals surface area (Å²) in [6, 6.07) is 3.65. The van der Waals surface area contributed by atoms with E-state index in [4.69, 9.17) is 11.6 Å². The quantitative estimate of drug-likeness (QED) is 0.475. The maximum absolute atomic E-state index is 12.9. The van der Waals surface area contributed by atoms with Crippen LogP contribution in [0.4, 0.5) is 13.6 Å². The van der Waals surface area contributed by atoms with Crippen molar-refractivity contribution in [2.45, 2.75) is 4.90 Å². The van der Waals surface area contributed by atoms with Crippen molar-refractivity contribution in [3.05, 3.63) is 29.8 Å². The van der Waals surface area contributed by atoms with E-state index >= 15 is 0 Å². The molecule has 0 atom stereocenters. The summed E-state index contributed by atoms with van der Waals surface area (Å²) < 4.78 is 27.5. The first-order valence-corrected chi connectivity index (χ1v) is 4.37. The topological polar surface area (TPSA) is 29.1 Å². The molecule has 0 spiro atoms. The molecule has 70 valence electrons. The SMILES string of the molecule is O=C(Cl)NSc1cccc(F)c1F. The summed E-state index contributed by atoms with van der Waals surface area (Å²) in [6.45, 7) is 0. The molecule has 0 fully saturated rings. The Balaban J connectivity index is 2.77. The first kappa shape index (κ1) is 10.3. The lowest BCUT2D eigenvalue weighted by Gasteiger charge is -2.01. The highest BCUT2D eigenvalue weighted by molar-refractivity contribution is 7.98. The molecule has 0 aliphatic heterocycles. The van der Waals surface area contributed by atoms with Gasteiger partial charge in [0, 0.05) is 0 Å². The first-order chi connectivity index (χ1) is 6.11. The number of amides is 1. The van der Waals surface area contributed by atoms with Gasteiger partial charge in [0.1, 0.15) is 0 Å². The molecule has 2 nitrogen and oxygen atoms in total. The fourth-order valence-corrected chi connectivity index (χ4v) is 1.30. The molecule has 13 heavy (non-hydrogen) atoms. The molecule has 1 amide bonds. The Morgan fingerprint density at radius 3 is 2.77 bits per heavy atom. The molecular formula is C7H4ClF2NOS. The largest absolute Gasteiger partial charge is 0.323 e. The highest BCUT2D eigenvalue weighted by Gasteiger charge is 2.08. The van der Waals surface area contributed by atoms with Crippen molar-refractivity contribution in [2.24, 2.45) is 0 Å². The van der Waals surface area contributed by atoms with E-state index in [1.807, 2.05) is 0 Å². The molecule has 1 N–H and O–H groups in total. The summed E-state index contributed by atoms with van der Waals surface area (Å²) in [5.74, 6) is -1.97. The second-order valence-corrected chi connectivity index (χ2v) is 3.22. The van der Waals surface area contributed by atoms with Crippen LogP contribution in [0.25, 0.3) is 0 Å². The molecule has 0 heterocycles. The zero-order chi connectivity index (χ0) is 9.84. The van der Waals surface area contributed by atoms with E-state index in [9.17, 15) is 13.6 Å². The Kier molecular flexibility index (Phi) is 3.50. The fraction of sp³-hybridized carbons (Fsp3) is 0. The second kappa shape index (κ2) is 4.43. The molecule has 0 aliphatic carbocycles. The van der Waals surface area contributed by atoms with Gasteiger partial charge in [-0.25, -0.2) is 8.78 Å². The molecule has 6 heteroatoms. The highest BCUT2D eigenvalue weighted by atomic mass is 35.5. The average Bonchev–Trinajstić information content (AvgIpc) is 2.07. The molecule has 1 rings (SSSR count). The first-order valence-electron chi connectivity index (χ1n) is 3.17. The summed E-state index contributed by atoms with van der Waals surface area (Å²) in [5, 5.41) is -0.839. The fourth-order valence-electron chi connectivity index (χ4n) is 0.658. The number of nitrogens with one attached hydrogen (secondary N) is 1. The van der Waals surface area contributed by atoms with Crippen molar-refractivity contribution in [1.82, 2.24) is 4.72 Å². The van der Waals surface area contributed by atoms with Crippen LogP contribution in [-0.4, -0.2) is 5.37 Å². The van der Waals surface area contributed by atoms with Gasteiger partial charge in [-0.2, -0.15) is 0 Å². The lowest BCUT2D eigenvalue weighted by molar-refractivity contribution is 0.264. The minimum Gasteiger partial charge on any atom is -0.282 e. The van der Waals surface area contributed by atoms with E-state index in [0.717, 1.165) is 6.07 Å². The van der Waals surface area contributed by atoms with Gasteiger partial charge in [-0.15, -0.1) is 0 Å². The van der Waals surface area contributed by atoms with Crippen LogP contribution in [0.15, 0.2) is 23.1 Å². The van der Waals surface area contributed by atoms with Crippen molar-refractivity contribution in [3.63, 3.8) is 0 Å². The molecule has 0 saturated carbocycles. The number of rotatable bonds is 2. The Morgan fingerprint density at radius 2 is 2.15 bits per heavy atom. The molecule has 0 unspecified atom stereocenters. The Labute approximate surface area is 82.4 Å². The van der Waals surface area contributed by atoms with E-state index in [1.54, 1.807) is 0 Å². The van der Waals surface area contributed by atoms with Gasteiger partial charge in [-0.3, -0.25) is 9.52 Å². The van der Waals surface area contributed by atoms with Gasteiger partial charge in [0.25, 0.3) is 0 Å². The molecule has 0 radical (unpaired) electrons. The number of hydrogen-bond acceptors (Lipinski definition) is 2. The minimum atomic E-state index is -1.00. The van der Waals surface area contributed by atoms with Crippen LogP contribution in [0.5, 0.6) is 0 Å². The second-order valence-electron chi connectivity index (χ2n) is 2.03. The number of hydrogen-bond donors (Lipinski definition) is 1. The van der Waals surface area contributed by atoms with Crippen LogP contribution in [0.3, 0.4) is 0 Å². The Hall–Kier alpha value is -0.810.